The number of hydrogen-bond acceptors (Lipinski definition) is 24. The zero-order valence-corrected chi connectivity index (χ0v) is 78.0. The van der Waals surface area contributed by atoms with Crippen LogP contribution in [0.5, 0.6) is 11.8 Å². The summed E-state index contributed by atoms with van der Waals surface area (Å²) >= 11 is 9.85. The number of nitriles is 3. The van der Waals surface area contributed by atoms with Crippen molar-refractivity contribution in [2.24, 2.45) is 40.5 Å². The number of aliphatic hydroxyl groups is 1. The SMILES string of the molecule is CN(C)N=O.Clc1ccc(I)cn1.Cn1cc(-c2ccccc2F)nn1.Cn1nnc(-c2ccccc2F)c1C=O.Cn1nnc(-c2ccccc2F)c1CO.Cn1nnc(-c2ccccc2F)c1COc1ccc(-n2cnc(C#N)c2)cn1.Cn1nnc(-c2ccccc2F)c1COc1ccc(I)cn1.N#Cc1ccccc1F.N#Cc1cnc[nH]1.[2H]CF.[B].[H-].[H-].[Na+].[Na+]. The van der Waals surface area contributed by atoms with Gasteiger partial charge in [0.1, 0.15) is 129 Å². The second-order valence-corrected chi connectivity index (χ2v) is 27.2. The number of nitroso groups, excluding NO2 is 1. The van der Waals surface area contributed by atoms with Crippen LogP contribution in [-0.2, 0) is 55.1 Å². The van der Waals surface area contributed by atoms with E-state index in [1.165, 1.54) is 75.7 Å². The number of nitrogens with one attached hydrogen (secondary N) is 1. The Kier molecular flexibility index (Phi) is 46.5. The average Bonchev–Trinajstić information content (AvgIpc) is 1.67. The molecule has 6 aromatic carbocycles. The van der Waals surface area contributed by atoms with E-state index < -0.39 is 18.8 Å². The van der Waals surface area contributed by atoms with Crippen LogP contribution in [0, 0.1) is 80.9 Å². The third kappa shape index (κ3) is 33.0. The van der Waals surface area contributed by atoms with Crippen molar-refractivity contribution < 1.29 is 113 Å². The number of alkyl halides is 1. The van der Waals surface area contributed by atoms with Gasteiger partial charge in [0.05, 0.1) is 62.3 Å². The van der Waals surface area contributed by atoms with Crippen molar-refractivity contribution in [1.29, 1.82) is 15.8 Å². The molecule has 0 unspecified atom stereocenters. The fourth-order valence-corrected chi connectivity index (χ4v) is 10.5. The first-order valence-corrected chi connectivity index (χ1v) is 38.0. The van der Waals surface area contributed by atoms with Crippen molar-refractivity contribution in [2.45, 2.75) is 19.8 Å². The summed E-state index contributed by atoms with van der Waals surface area (Å²) in [4.78, 5) is 42.4. The Morgan fingerprint density at radius 1 is 0.535 bits per heavy atom. The van der Waals surface area contributed by atoms with Gasteiger partial charge in [0.15, 0.2) is 12.0 Å². The third-order valence-electron chi connectivity index (χ3n) is 15.8. The minimum atomic E-state index is -1.00. The molecule has 45 heteroatoms. The van der Waals surface area contributed by atoms with Gasteiger partial charge >= 0.3 is 59.1 Å². The van der Waals surface area contributed by atoms with Gasteiger partial charge < -0.3 is 27.0 Å². The van der Waals surface area contributed by atoms with E-state index in [2.05, 4.69) is 132 Å². The summed E-state index contributed by atoms with van der Waals surface area (Å²) in [6.07, 6.45) is 13.4. The second kappa shape index (κ2) is 56.3. The van der Waals surface area contributed by atoms with Gasteiger partial charge in [-0.05, 0) is 142 Å². The largest absolute Gasteiger partial charge is 1.00 e. The quantitative estimate of drug-likeness (QED) is 0.0184. The number of halogens is 10. The number of pyridine rings is 3. The van der Waals surface area contributed by atoms with Crippen LogP contribution < -0.4 is 68.6 Å². The number of aromatic amines is 1. The summed E-state index contributed by atoms with van der Waals surface area (Å²) in [5.41, 5.74) is 7.76. The summed E-state index contributed by atoms with van der Waals surface area (Å²) in [6, 6.07) is 54.1. The molecule has 0 aliphatic rings. The van der Waals surface area contributed by atoms with Crippen molar-refractivity contribution in [3.8, 4) is 91.9 Å². The van der Waals surface area contributed by atoms with Crippen LogP contribution in [0.15, 0.2) is 237 Å². The molecule has 32 nitrogen and oxygen atoms in total. The number of benzene rings is 6. The Labute approximate surface area is 805 Å². The van der Waals surface area contributed by atoms with Crippen molar-refractivity contribution in [3.63, 3.8) is 0 Å². The minimum Gasteiger partial charge on any atom is -1.00 e. The van der Waals surface area contributed by atoms with Crippen LogP contribution in [0.1, 0.15) is 48.7 Å². The summed E-state index contributed by atoms with van der Waals surface area (Å²) < 4.78 is 119. The zero-order valence-electron chi connectivity index (χ0n) is 71.9. The van der Waals surface area contributed by atoms with Gasteiger partial charge in [-0.3, -0.25) is 18.9 Å². The van der Waals surface area contributed by atoms with E-state index >= 15 is 0 Å². The molecular weight excluding hydrogens is 1920 g/mol. The van der Waals surface area contributed by atoms with E-state index in [9.17, 15) is 40.4 Å². The fourth-order valence-electron chi connectivity index (χ4n) is 9.79. The van der Waals surface area contributed by atoms with Gasteiger partial charge in [0, 0.05) is 123 Å². The molecule has 0 bridgehead atoms. The smallest absolute Gasteiger partial charge is 1.00 e. The summed E-state index contributed by atoms with van der Waals surface area (Å²) in [7, 11) is 10.6. The van der Waals surface area contributed by atoms with Crippen LogP contribution in [0.4, 0.5) is 30.7 Å². The molecule has 0 spiro atoms. The number of aldehydes is 1. The van der Waals surface area contributed by atoms with Gasteiger partial charge in [-0.15, -0.1) is 30.4 Å². The molecule has 0 amide bonds. The number of aliphatic hydroxyl groups excluding tert-OH is 1. The molecule has 16 rings (SSSR count). The fraction of sp³-hybridized carbons (Fsp3) is 0.134. The van der Waals surface area contributed by atoms with Gasteiger partial charge in [0.2, 0.25) is 11.8 Å². The summed E-state index contributed by atoms with van der Waals surface area (Å²) in [5.74, 6) is -1.33. The summed E-state index contributed by atoms with van der Waals surface area (Å²) in [5, 5.41) is 77.1. The molecule has 16 aromatic rings. The Morgan fingerprint density at radius 3 is 1.30 bits per heavy atom. The molecule has 2 N–H and O–H groups in total. The van der Waals surface area contributed by atoms with Crippen LogP contribution in [-0.4, -0.2) is 156 Å². The predicted molar refractivity (Wildman–Crippen MR) is 466 cm³/mol. The number of carbonyl (C=O) groups is 1. The first-order valence-electron chi connectivity index (χ1n) is 36.2. The molecule has 0 aliphatic carbocycles. The van der Waals surface area contributed by atoms with Crippen LogP contribution in [0.2, 0.25) is 5.15 Å². The summed E-state index contributed by atoms with van der Waals surface area (Å²) in [6.45, 7) is 0.122. The molecule has 10 heterocycles. The molecule has 10 aromatic heterocycles. The van der Waals surface area contributed by atoms with Crippen molar-refractivity contribution in [3.05, 3.63) is 324 Å². The number of hydrogen-bond donors (Lipinski definition) is 2. The van der Waals surface area contributed by atoms with Gasteiger partial charge in [-0.2, -0.15) is 15.8 Å². The van der Waals surface area contributed by atoms with Crippen molar-refractivity contribution in [2.75, 3.05) is 21.2 Å². The van der Waals surface area contributed by atoms with Gasteiger partial charge in [-0.1, -0.05) is 110 Å². The number of rotatable bonds is 15. The van der Waals surface area contributed by atoms with Crippen molar-refractivity contribution >= 4 is 71.5 Å². The molecule has 641 valence electrons. The number of carbonyl (C=O) groups excluding carboxylic acids is 1. The Hall–Kier alpha value is -12.7. The molecular formula is C82H73BClF7I2N27Na2O5. The van der Waals surface area contributed by atoms with Crippen LogP contribution in [0.25, 0.3) is 62.0 Å². The van der Waals surface area contributed by atoms with E-state index in [1.54, 1.807) is 232 Å². The maximum Gasteiger partial charge on any atom is 1.00 e. The number of imidazole rings is 2. The van der Waals surface area contributed by atoms with Crippen molar-refractivity contribution in [1.82, 2.24) is 114 Å². The van der Waals surface area contributed by atoms with E-state index in [0.29, 0.717) is 96.7 Å². The number of ether oxygens (including phenoxy) is 2. The number of aromatic nitrogens is 22. The number of aryl methyl sites for hydroxylation is 5. The molecule has 0 fully saturated rings. The first kappa shape index (κ1) is 105. The van der Waals surface area contributed by atoms with Gasteiger partial charge in [0.25, 0.3) is 0 Å². The molecule has 0 aliphatic heterocycles. The second-order valence-electron chi connectivity index (χ2n) is 24.3. The minimum absolute atomic E-state index is 0. The normalized spacial score (nSPS) is 9.74. The standard InChI is InChI=1S/C19H14FN7O.C15H12FIN4O.C10H10FN3O.C10H8FN3O.C9H8FN3.C7H4FN.C5H3ClIN.C4H3N3.C2H6N2O.CH3F.B.2Na.2H/c1-26-17(19(24-25-26)15-4-2-3-5-16(15)20)11-28-18-7-6-14(9-22-18)27-10-13(8-21)23-12-27;1-21-13(9-22-14-7-6-10(17)8-18-14)15(19-20-21)11-4-2-3-5-12(11)16;2*1-14-9(6-15)10(12-13-14)7-4-2-3-5-8(7)11;1-13-6-9(11-12-13)7-4-2-3-5-8(7)10;8-7-4-2-1-3-6(7)5-9;6-5-2-1-4(7)3-8-5;5-1-4-2-6-3-7-4;1-4(2)3-5;1-2;;;;;/h2-7,9-10,12H,11H2,1H3;2-8H,9H2,1H3;2-5,15H,6H2,1H3;2-6H,1H3;2-6H,1H3;1-4H;1-3H;2-3H,(H,6,7);1-2H3;1H3;;;;;/q;;;;;;;;;;;2*+1;2*-1/i;;;;;;;;;1D;;;;;. The molecule has 0 saturated heterocycles. The average molecular weight is 2000 g/mol. The molecule has 0 saturated carbocycles. The number of nitrogens with zero attached hydrogens (tertiary/aromatic N) is 26. The van der Waals surface area contributed by atoms with Gasteiger partial charge in [-0.25, -0.2) is 70.0 Å². The van der Waals surface area contributed by atoms with E-state index in [-0.39, 0.29) is 136 Å². The number of H-pyrrole nitrogens is 1. The maximum atomic E-state index is 14.1. The van der Waals surface area contributed by atoms with E-state index in [1.807, 2.05) is 24.3 Å². The molecule has 0 atom stereocenters. The van der Waals surface area contributed by atoms with E-state index in [0.717, 1.165) is 12.8 Å². The zero-order chi connectivity index (χ0) is 90.7. The Balaban J connectivity index is 0.000000510. The predicted octanol–water partition coefficient (Wildman–Crippen LogP) is 9.01. The third-order valence-corrected chi connectivity index (χ3v) is 17.3. The molecule has 127 heavy (non-hydrogen) atoms. The Morgan fingerprint density at radius 2 is 0.953 bits per heavy atom. The topological polar surface area (TPSA) is 399 Å². The first-order chi connectivity index (χ1) is 60.3. The van der Waals surface area contributed by atoms with Crippen LogP contribution >= 0.6 is 56.8 Å². The Bertz CT molecular complexity index is 6200. The monoisotopic (exact) mass is 2000 g/mol. The van der Waals surface area contributed by atoms with E-state index in [4.69, 9.17) is 43.3 Å². The maximum absolute atomic E-state index is 14.1. The van der Waals surface area contributed by atoms with Crippen LogP contribution in [0.3, 0.4) is 0 Å². The molecule has 3 radical (unpaired) electrons.